The molecule has 0 aliphatic rings. The minimum atomic E-state index is -0.532. The highest BCUT2D eigenvalue weighted by atomic mass is 35.5. The monoisotopic (exact) mass is 240 g/mol. The number of nitrogens with zero attached hydrogens (tertiary/aromatic N) is 1. The average Bonchev–Trinajstić information content (AvgIpc) is 2.19. The molecule has 1 aromatic carbocycles. The molecule has 0 atom stereocenters. The summed E-state index contributed by atoms with van der Waals surface area (Å²) in [4.78, 5) is 20.6. The Kier molecular flexibility index (Phi) is 4.02. The van der Waals surface area contributed by atoms with Crippen molar-refractivity contribution in [2.75, 3.05) is 0 Å². The summed E-state index contributed by atoms with van der Waals surface area (Å²) in [6.45, 7) is 0. The molecule has 0 aliphatic heterocycles. The first-order valence-electron chi connectivity index (χ1n) is 4.39. The van der Waals surface area contributed by atoms with Gasteiger partial charge in [-0.05, 0) is 12.1 Å². The number of benzene rings is 1. The van der Waals surface area contributed by atoms with Crippen molar-refractivity contribution in [3.63, 3.8) is 0 Å². The fourth-order valence-corrected chi connectivity index (χ4v) is 1.28. The minimum Gasteiger partial charge on any atom is -0.369 e. The van der Waals surface area contributed by atoms with Crippen LogP contribution in [0.3, 0.4) is 0 Å². The van der Waals surface area contributed by atoms with Crippen molar-refractivity contribution in [1.29, 1.82) is 0 Å². The number of halogens is 1. The van der Waals surface area contributed by atoms with Crippen LogP contribution in [0.1, 0.15) is 12.0 Å². The lowest BCUT2D eigenvalue weighted by molar-refractivity contribution is -0.385. The Morgan fingerprint density at radius 3 is 2.81 bits per heavy atom. The highest BCUT2D eigenvalue weighted by Gasteiger charge is 2.11. The molecule has 0 fully saturated rings. The molecular weight excluding hydrogens is 232 g/mol. The van der Waals surface area contributed by atoms with Gasteiger partial charge in [0.1, 0.15) is 0 Å². The molecule has 6 heteroatoms. The maximum atomic E-state index is 10.7. The standard InChI is InChI=1S/C10H9ClN2O3/c11-8-5-4-7(2-1-3-10(12)14)9(6-8)13(15)16/h1-2,4-6H,3H2,(H2,12,14). The number of amides is 1. The van der Waals surface area contributed by atoms with Crippen molar-refractivity contribution < 1.29 is 9.72 Å². The van der Waals surface area contributed by atoms with Crippen LogP contribution in [0.2, 0.25) is 5.02 Å². The summed E-state index contributed by atoms with van der Waals surface area (Å²) in [6, 6.07) is 4.31. The topological polar surface area (TPSA) is 86.2 Å². The number of rotatable bonds is 4. The van der Waals surface area contributed by atoms with E-state index in [1.807, 2.05) is 0 Å². The number of nitro benzene ring substituents is 1. The first-order valence-corrected chi connectivity index (χ1v) is 4.77. The van der Waals surface area contributed by atoms with Gasteiger partial charge >= 0.3 is 0 Å². The zero-order chi connectivity index (χ0) is 12.1. The number of hydrogen-bond donors (Lipinski definition) is 1. The van der Waals surface area contributed by atoms with E-state index in [1.165, 1.54) is 24.3 Å². The maximum absolute atomic E-state index is 10.7. The van der Waals surface area contributed by atoms with Crippen LogP contribution in [-0.4, -0.2) is 10.8 Å². The zero-order valence-electron chi connectivity index (χ0n) is 8.22. The van der Waals surface area contributed by atoms with Gasteiger partial charge in [0.25, 0.3) is 5.69 Å². The molecule has 16 heavy (non-hydrogen) atoms. The van der Waals surface area contributed by atoms with Gasteiger partial charge in [-0.2, -0.15) is 0 Å². The van der Waals surface area contributed by atoms with Crippen molar-refractivity contribution in [2.24, 2.45) is 5.73 Å². The number of hydrogen-bond acceptors (Lipinski definition) is 3. The van der Waals surface area contributed by atoms with Gasteiger partial charge in [0.15, 0.2) is 0 Å². The SMILES string of the molecule is NC(=O)CC=Cc1ccc(Cl)cc1[N+](=O)[O-]. The second-order valence-corrected chi connectivity index (χ2v) is 3.47. The number of carbonyl (C=O) groups is 1. The van der Waals surface area contributed by atoms with Crippen LogP contribution in [-0.2, 0) is 4.79 Å². The number of nitro groups is 1. The second-order valence-electron chi connectivity index (χ2n) is 3.03. The Morgan fingerprint density at radius 1 is 1.56 bits per heavy atom. The Bertz CT molecular complexity index is 457. The van der Waals surface area contributed by atoms with Gasteiger partial charge in [-0.25, -0.2) is 0 Å². The first kappa shape index (κ1) is 12.2. The molecule has 1 rings (SSSR count). The Morgan fingerprint density at radius 2 is 2.25 bits per heavy atom. The summed E-state index contributed by atoms with van der Waals surface area (Å²) in [5.41, 5.74) is 5.21. The van der Waals surface area contributed by atoms with Crippen molar-refractivity contribution in [3.05, 3.63) is 45.0 Å². The van der Waals surface area contributed by atoms with E-state index in [-0.39, 0.29) is 12.1 Å². The molecule has 0 unspecified atom stereocenters. The third-order valence-electron chi connectivity index (χ3n) is 1.81. The van der Waals surface area contributed by atoms with E-state index >= 15 is 0 Å². The van der Waals surface area contributed by atoms with Crippen LogP contribution < -0.4 is 5.73 Å². The first-order chi connectivity index (χ1) is 7.50. The van der Waals surface area contributed by atoms with E-state index in [1.54, 1.807) is 6.07 Å². The van der Waals surface area contributed by atoms with Crippen LogP contribution in [0.4, 0.5) is 5.69 Å². The molecule has 0 saturated carbocycles. The summed E-state index contributed by atoms with van der Waals surface area (Å²) >= 11 is 5.64. The van der Waals surface area contributed by atoms with Gasteiger partial charge in [0.2, 0.25) is 5.91 Å². The van der Waals surface area contributed by atoms with E-state index in [2.05, 4.69) is 0 Å². The van der Waals surface area contributed by atoms with Gasteiger partial charge in [-0.3, -0.25) is 14.9 Å². The van der Waals surface area contributed by atoms with E-state index in [9.17, 15) is 14.9 Å². The quantitative estimate of drug-likeness (QED) is 0.646. The maximum Gasteiger partial charge on any atom is 0.278 e. The highest BCUT2D eigenvalue weighted by molar-refractivity contribution is 6.30. The molecule has 0 spiro atoms. The lowest BCUT2D eigenvalue weighted by Gasteiger charge is -1.97. The van der Waals surface area contributed by atoms with Gasteiger partial charge in [-0.15, -0.1) is 0 Å². The number of carbonyl (C=O) groups excluding carboxylic acids is 1. The van der Waals surface area contributed by atoms with Crippen molar-refractivity contribution >= 4 is 29.3 Å². The van der Waals surface area contributed by atoms with Crippen LogP contribution in [0.15, 0.2) is 24.3 Å². The normalized spacial score (nSPS) is 10.6. The Balaban J connectivity index is 2.99. The van der Waals surface area contributed by atoms with E-state index in [4.69, 9.17) is 17.3 Å². The molecule has 2 N–H and O–H groups in total. The van der Waals surface area contributed by atoms with Crippen molar-refractivity contribution in [1.82, 2.24) is 0 Å². The smallest absolute Gasteiger partial charge is 0.278 e. The third kappa shape index (κ3) is 3.36. The predicted octanol–water partition coefficient (Wildman–Crippen LogP) is 2.14. The lowest BCUT2D eigenvalue weighted by atomic mass is 10.1. The van der Waals surface area contributed by atoms with Crippen LogP contribution in [0.25, 0.3) is 6.08 Å². The van der Waals surface area contributed by atoms with Crippen LogP contribution >= 0.6 is 11.6 Å². The van der Waals surface area contributed by atoms with Crippen molar-refractivity contribution in [2.45, 2.75) is 6.42 Å². The van der Waals surface area contributed by atoms with Gasteiger partial charge in [0.05, 0.1) is 10.5 Å². The highest BCUT2D eigenvalue weighted by Crippen LogP contribution is 2.24. The molecule has 0 bridgehead atoms. The summed E-state index contributed by atoms with van der Waals surface area (Å²) in [5, 5.41) is 11.0. The fraction of sp³-hybridized carbons (Fsp3) is 0.100. The lowest BCUT2D eigenvalue weighted by Crippen LogP contribution is -2.07. The molecule has 0 aromatic heterocycles. The molecule has 1 amide bonds. The second kappa shape index (κ2) is 5.27. The molecule has 0 heterocycles. The largest absolute Gasteiger partial charge is 0.369 e. The average molecular weight is 241 g/mol. The van der Waals surface area contributed by atoms with Crippen LogP contribution in [0, 0.1) is 10.1 Å². The van der Waals surface area contributed by atoms with Gasteiger partial charge < -0.3 is 5.73 Å². The summed E-state index contributed by atoms with van der Waals surface area (Å²) < 4.78 is 0. The number of primary amides is 1. The van der Waals surface area contributed by atoms with Crippen LogP contribution in [0.5, 0.6) is 0 Å². The number of nitrogens with two attached hydrogens (primary N) is 1. The summed E-state index contributed by atoms with van der Waals surface area (Å²) in [5.74, 6) is -0.493. The predicted molar refractivity (Wildman–Crippen MR) is 61.0 cm³/mol. The van der Waals surface area contributed by atoms with Gasteiger partial charge in [0, 0.05) is 17.5 Å². The minimum absolute atomic E-state index is 0.0414. The third-order valence-corrected chi connectivity index (χ3v) is 2.04. The molecule has 0 radical (unpaired) electrons. The Labute approximate surface area is 96.7 Å². The zero-order valence-corrected chi connectivity index (χ0v) is 8.98. The summed E-state index contributed by atoms with van der Waals surface area (Å²) in [7, 11) is 0. The molecule has 5 nitrogen and oxygen atoms in total. The fourth-order valence-electron chi connectivity index (χ4n) is 1.12. The Hall–Kier alpha value is -1.88. The molecule has 0 saturated heterocycles. The van der Waals surface area contributed by atoms with Gasteiger partial charge in [-0.1, -0.05) is 23.8 Å². The van der Waals surface area contributed by atoms with E-state index in [0.29, 0.717) is 10.6 Å². The van der Waals surface area contributed by atoms with Crippen molar-refractivity contribution in [3.8, 4) is 0 Å². The van der Waals surface area contributed by atoms with E-state index < -0.39 is 10.8 Å². The van der Waals surface area contributed by atoms with E-state index in [0.717, 1.165) is 0 Å². The summed E-state index contributed by atoms with van der Waals surface area (Å²) in [6.07, 6.45) is 2.98. The molecule has 0 aliphatic carbocycles. The molecule has 84 valence electrons. The molecule has 1 aromatic rings. The molecular formula is C10H9ClN2O3.